The molecule has 8 nitrogen and oxygen atoms in total. The van der Waals surface area contributed by atoms with Crippen LogP contribution in [0.4, 0.5) is 27.8 Å². The highest BCUT2D eigenvalue weighted by Gasteiger charge is 2.40. The Hall–Kier alpha value is -2.94. The second-order valence-electron chi connectivity index (χ2n) is 10.3. The fourth-order valence-corrected chi connectivity index (χ4v) is 7.11. The van der Waals surface area contributed by atoms with E-state index >= 15 is 4.39 Å². The van der Waals surface area contributed by atoms with Crippen molar-refractivity contribution < 1.29 is 36.2 Å². The first kappa shape index (κ1) is 31.5. The van der Waals surface area contributed by atoms with Gasteiger partial charge in [-0.25, -0.2) is 13.6 Å². The van der Waals surface area contributed by atoms with Crippen molar-refractivity contribution in [1.29, 1.82) is 0 Å². The molecule has 0 N–H and O–H groups in total. The number of aromatic nitrogens is 2. The standard InChI is InChI=1S/C28H28ClF5N4O4S/c1-4-22(39)36-5-6-37(14(2)10-36)26-17-7-18(28(32,33)34)23(16-8-19(29)21(31)9-20(16)30)25-24(17)38(27(40)35-26)15(12-43-25)11-42-13-41-3/h7-9,14-15H,4-6,10-13H2,1-3H3/t14-,15+/m0/s1. The van der Waals surface area contributed by atoms with Gasteiger partial charge in [0.25, 0.3) is 0 Å². The van der Waals surface area contributed by atoms with Crippen LogP contribution >= 0.6 is 23.4 Å². The van der Waals surface area contributed by atoms with Crippen LogP contribution in [0.15, 0.2) is 27.9 Å². The quantitative estimate of drug-likeness (QED) is 0.141. The molecule has 2 aromatic carbocycles. The van der Waals surface area contributed by atoms with E-state index in [1.807, 2.05) is 0 Å². The van der Waals surface area contributed by atoms with Crippen LogP contribution in [0.2, 0.25) is 5.02 Å². The summed E-state index contributed by atoms with van der Waals surface area (Å²) in [6.45, 7) is 4.27. The fourth-order valence-electron chi connectivity index (χ4n) is 5.63. The first-order valence-electron chi connectivity index (χ1n) is 13.5. The van der Waals surface area contributed by atoms with Crippen LogP contribution in [0.1, 0.15) is 31.9 Å². The molecule has 3 aromatic rings. The molecule has 0 saturated carbocycles. The summed E-state index contributed by atoms with van der Waals surface area (Å²) in [5, 5.41) is -0.519. The first-order chi connectivity index (χ1) is 20.4. The van der Waals surface area contributed by atoms with Crippen molar-refractivity contribution in [3.8, 4) is 11.1 Å². The molecule has 0 bridgehead atoms. The third kappa shape index (κ3) is 5.81. The molecule has 2 aliphatic rings. The molecule has 0 radical (unpaired) electrons. The molecule has 15 heteroatoms. The van der Waals surface area contributed by atoms with Gasteiger partial charge in [-0.3, -0.25) is 9.36 Å². The predicted octanol–water partition coefficient (Wildman–Crippen LogP) is 5.73. The molecule has 43 heavy (non-hydrogen) atoms. The highest BCUT2D eigenvalue weighted by Crippen LogP contribution is 2.50. The maximum absolute atomic E-state index is 15.2. The zero-order chi connectivity index (χ0) is 31.2. The minimum Gasteiger partial charge on any atom is -0.359 e. The average Bonchev–Trinajstić information content (AvgIpc) is 2.96. The number of benzene rings is 2. The minimum atomic E-state index is -4.97. The van der Waals surface area contributed by atoms with Crippen molar-refractivity contribution in [2.75, 3.05) is 50.8 Å². The largest absolute Gasteiger partial charge is 0.417 e. The van der Waals surface area contributed by atoms with Crippen LogP contribution in [0, 0.1) is 11.6 Å². The van der Waals surface area contributed by atoms with Gasteiger partial charge in [0.2, 0.25) is 5.91 Å². The van der Waals surface area contributed by atoms with Gasteiger partial charge < -0.3 is 19.3 Å². The summed E-state index contributed by atoms with van der Waals surface area (Å²) in [6.07, 6.45) is -4.67. The summed E-state index contributed by atoms with van der Waals surface area (Å²) >= 11 is 6.92. The summed E-state index contributed by atoms with van der Waals surface area (Å²) in [7, 11) is 1.42. The number of halogens is 6. The predicted molar refractivity (Wildman–Crippen MR) is 153 cm³/mol. The monoisotopic (exact) mass is 646 g/mol. The lowest BCUT2D eigenvalue weighted by Gasteiger charge is -2.41. The van der Waals surface area contributed by atoms with Gasteiger partial charge in [0.15, 0.2) is 0 Å². The zero-order valence-electron chi connectivity index (χ0n) is 23.4. The Morgan fingerprint density at radius 3 is 2.58 bits per heavy atom. The van der Waals surface area contributed by atoms with Crippen molar-refractivity contribution in [3.63, 3.8) is 0 Å². The second-order valence-corrected chi connectivity index (χ2v) is 11.8. The van der Waals surface area contributed by atoms with Gasteiger partial charge in [-0.05, 0) is 19.1 Å². The van der Waals surface area contributed by atoms with Crippen molar-refractivity contribution in [1.82, 2.24) is 14.5 Å². The van der Waals surface area contributed by atoms with Crippen molar-refractivity contribution in [3.05, 3.63) is 50.9 Å². The van der Waals surface area contributed by atoms with E-state index in [1.54, 1.807) is 23.6 Å². The number of methoxy groups -OCH3 is 1. The first-order valence-corrected chi connectivity index (χ1v) is 14.8. The Morgan fingerprint density at radius 1 is 1.19 bits per heavy atom. The molecule has 1 saturated heterocycles. The zero-order valence-corrected chi connectivity index (χ0v) is 25.0. The van der Waals surface area contributed by atoms with Crippen LogP contribution in [0.3, 0.4) is 0 Å². The van der Waals surface area contributed by atoms with E-state index in [0.29, 0.717) is 19.0 Å². The highest BCUT2D eigenvalue weighted by molar-refractivity contribution is 7.99. The number of thioether (sulfide) groups is 1. The lowest BCUT2D eigenvalue weighted by molar-refractivity contribution is -0.137. The van der Waals surface area contributed by atoms with Crippen molar-refractivity contribution in [2.45, 2.75) is 43.4 Å². The molecule has 1 aromatic heterocycles. The maximum atomic E-state index is 15.2. The Balaban J connectivity index is 1.81. The summed E-state index contributed by atoms with van der Waals surface area (Å²) in [6, 6.07) is 1.11. The van der Waals surface area contributed by atoms with Crippen molar-refractivity contribution in [2.24, 2.45) is 0 Å². The van der Waals surface area contributed by atoms with Crippen molar-refractivity contribution >= 4 is 46.0 Å². The van der Waals surface area contributed by atoms with Gasteiger partial charge in [-0.2, -0.15) is 18.2 Å². The average molecular weight is 647 g/mol. The second kappa shape index (κ2) is 12.2. The Bertz CT molecular complexity index is 1640. The number of carbonyl (C=O) groups excluding carboxylic acids is 1. The fraction of sp³-hybridized carbons (Fsp3) is 0.464. The normalized spacial score (nSPS) is 18.9. The summed E-state index contributed by atoms with van der Waals surface area (Å²) in [4.78, 5) is 33.7. The third-order valence-corrected chi connectivity index (χ3v) is 9.11. The van der Waals surface area contributed by atoms with E-state index in [4.69, 9.17) is 21.1 Å². The van der Waals surface area contributed by atoms with Gasteiger partial charge in [0.1, 0.15) is 24.2 Å². The highest BCUT2D eigenvalue weighted by atomic mass is 35.5. The number of rotatable bonds is 7. The molecule has 0 unspecified atom stereocenters. The Kier molecular flexibility index (Phi) is 8.94. The molecular weight excluding hydrogens is 619 g/mol. The van der Waals surface area contributed by atoms with E-state index in [9.17, 15) is 27.2 Å². The summed E-state index contributed by atoms with van der Waals surface area (Å²) < 4.78 is 85.3. The van der Waals surface area contributed by atoms with Crippen LogP contribution < -0.4 is 10.6 Å². The van der Waals surface area contributed by atoms with Crippen LogP contribution in [-0.4, -0.2) is 72.3 Å². The topological polar surface area (TPSA) is 76.9 Å². The molecule has 2 aliphatic heterocycles. The SMILES string of the molecule is CCC(=O)N1CCN(c2nc(=O)n3c4c(c(-c5cc(Cl)c(F)cc5F)c(C(F)(F)F)cc24)SC[C@H]3COCOC)[C@@H](C)C1. The maximum Gasteiger partial charge on any atom is 0.417 e. The number of alkyl halides is 3. The number of hydrogen-bond donors (Lipinski definition) is 0. The number of piperazine rings is 1. The lowest BCUT2D eigenvalue weighted by Crippen LogP contribution is -2.54. The number of nitrogens with zero attached hydrogens (tertiary/aromatic N) is 4. The smallest absolute Gasteiger partial charge is 0.359 e. The van der Waals surface area contributed by atoms with Gasteiger partial charge in [0, 0.05) is 72.4 Å². The number of anilines is 1. The Labute approximate surface area is 252 Å². The molecule has 1 fully saturated rings. The van der Waals surface area contributed by atoms with Gasteiger partial charge in [-0.15, -0.1) is 11.8 Å². The van der Waals surface area contributed by atoms with Gasteiger partial charge in [0.05, 0.1) is 28.8 Å². The van der Waals surface area contributed by atoms with Crippen LogP contribution in [0.5, 0.6) is 0 Å². The molecule has 1 amide bonds. The Morgan fingerprint density at radius 2 is 1.93 bits per heavy atom. The number of amides is 1. The van der Waals surface area contributed by atoms with E-state index in [0.717, 1.165) is 23.9 Å². The summed E-state index contributed by atoms with van der Waals surface area (Å²) in [5.74, 6) is -2.28. The summed E-state index contributed by atoms with van der Waals surface area (Å²) in [5.41, 5.74) is -2.87. The number of hydrogen-bond acceptors (Lipinski definition) is 7. The van der Waals surface area contributed by atoms with E-state index in [2.05, 4.69) is 4.98 Å². The van der Waals surface area contributed by atoms with E-state index in [1.165, 1.54) is 11.7 Å². The van der Waals surface area contributed by atoms with Crippen LogP contribution in [-0.2, 0) is 20.4 Å². The number of ether oxygens (including phenoxy) is 2. The molecule has 5 rings (SSSR count). The molecular formula is C28H28ClF5N4O4S. The lowest BCUT2D eigenvalue weighted by atomic mass is 9.95. The molecule has 3 heterocycles. The van der Waals surface area contributed by atoms with Gasteiger partial charge in [-0.1, -0.05) is 18.5 Å². The molecule has 0 spiro atoms. The third-order valence-electron chi connectivity index (χ3n) is 7.58. The minimum absolute atomic E-state index is 0.00237. The molecule has 232 valence electrons. The van der Waals surface area contributed by atoms with E-state index < -0.39 is 51.3 Å². The number of carbonyl (C=O) groups is 1. The van der Waals surface area contributed by atoms with Crippen LogP contribution in [0.25, 0.3) is 22.0 Å². The molecule has 0 aliphatic carbocycles. The molecule has 2 atom stereocenters. The van der Waals surface area contributed by atoms with E-state index in [-0.39, 0.29) is 65.8 Å². The van der Waals surface area contributed by atoms with Gasteiger partial charge >= 0.3 is 11.9 Å².